The second-order valence-electron chi connectivity index (χ2n) is 14.4. The lowest BCUT2D eigenvalue weighted by Gasteiger charge is -2.54. The fourth-order valence-electron chi connectivity index (χ4n) is 8.47. The van der Waals surface area contributed by atoms with E-state index in [2.05, 4.69) is 21.3 Å². The number of anilines is 1. The summed E-state index contributed by atoms with van der Waals surface area (Å²) >= 11 is 0. The van der Waals surface area contributed by atoms with Crippen molar-refractivity contribution in [3.05, 3.63) is 64.3 Å². The molecule has 12 nitrogen and oxygen atoms in total. The van der Waals surface area contributed by atoms with Gasteiger partial charge < -0.3 is 30.3 Å². The molecule has 1 aromatic carbocycles. The van der Waals surface area contributed by atoms with Crippen LogP contribution in [0, 0.1) is 30.6 Å². The monoisotopic (exact) mass is 685 g/mol. The van der Waals surface area contributed by atoms with E-state index in [4.69, 9.17) is 4.42 Å². The van der Waals surface area contributed by atoms with Crippen LogP contribution in [0.1, 0.15) is 87.3 Å². The van der Waals surface area contributed by atoms with Gasteiger partial charge in [-0.05, 0) is 93.7 Å². The van der Waals surface area contributed by atoms with E-state index in [9.17, 15) is 28.8 Å². The van der Waals surface area contributed by atoms with Crippen LogP contribution < -0.4 is 26.8 Å². The number of ketones is 1. The Hall–Kier alpha value is -4.74. The lowest BCUT2D eigenvalue weighted by molar-refractivity contribution is -0.138. The largest absolute Gasteiger partial charge is 0.451 e. The van der Waals surface area contributed by atoms with Gasteiger partial charge in [0.25, 0.3) is 17.4 Å². The first-order chi connectivity index (χ1) is 24.1. The van der Waals surface area contributed by atoms with Crippen molar-refractivity contribution in [2.24, 2.45) is 23.7 Å². The number of rotatable bonds is 15. The molecule has 4 saturated carbocycles. The minimum absolute atomic E-state index is 0.0104. The number of para-hydroxylation sites is 1. The summed E-state index contributed by atoms with van der Waals surface area (Å²) in [6.45, 7) is 3.93. The van der Waals surface area contributed by atoms with E-state index in [1.165, 1.54) is 23.3 Å². The number of aromatic nitrogens is 1. The van der Waals surface area contributed by atoms with Crippen molar-refractivity contribution in [3.8, 4) is 0 Å². The number of carbonyl (C=O) groups excluding carboxylic acids is 5. The van der Waals surface area contributed by atoms with E-state index in [0.717, 1.165) is 62.2 Å². The van der Waals surface area contributed by atoms with Gasteiger partial charge in [0, 0.05) is 36.2 Å². The third kappa shape index (κ3) is 7.84. The number of amides is 4. The van der Waals surface area contributed by atoms with Crippen LogP contribution in [0.5, 0.6) is 0 Å². The molecule has 0 radical (unpaired) electrons. The number of nitrogens with one attached hydrogen (secondary N) is 4. The van der Waals surface area contributed by atoms with Gasteiger partial charge in [-0.25, -0.2) is 0 Å². The van der Waals surface area contributed by atoms with Crippen LogP contribution in [0.3, 0.4) is 0 Å². The minimum Gasteiger partial charge on any atom is -0.451 e. The summed E-state index contributed by atoms with van der Waals surface area (Å²) in [5, 5.41) is 11.8. The Labute approximate surface area is 291 Å². The van der Waals surface area contributed by atoms with Gasteiger partial charge in [-0.1, -0.05) is 38.0 Å². The van der Waals surface area contributed by atoms with Gasteiger partial charge in [0.15, 0.2) is 5.76 Å². The Morgan fingerprint density at radius 1 is 0.940 bits per heavy atom. The third-order valence-electron chi connectivity index (χ3n) is 10.8. The zero-order valence-electron chi connectivity index (χ0n) is 28.8. The van der Waals surface area contributed by atoms with Crippen molar-refractivity contribution in [2.75, 3.05) is 11.9 Å². The SMILES string of the molecule is CCCCCNC(=O)C(=O)CC[C@H](NC(=O)c1oc2ccccc2c1C)C(=O)Nc1cccn(CC(=O)NC2C3CC4CC(C3)CC2C4)c1=O. The average Bonchev–Trinajstić information content (AvgIpc) is 3.44. The quantitative estimate of drug-likeness (QED) is 0.137. The van der Waals surface area contributed by atoms with Crippen LogP contribution in [0.2, 0.25) is 0 Å². The van der Waals surface area contributed by atoms with Gasteiger partial charge in [-0.15, -0.1) is 0 Å². The molecule has 1 atom stereocenters. The summed E-state index contributed by atoms with van der Waals surface area (Å²) < 4.78 is 7.03. The van der Waals surface area contributed by atoms with Crippen LogP contribution in [-0.4, -0.2) is 52.6 Å². The third-order valence-corrected chi connectivity index (χ3v) is 10.8. The van der Waals surface area contributed by atoms with E-state index in [1.54, 1.807) is 25.1 Å². The Balaban J connectivity index is 1.13. The normalized spacial score (nSPS) is 22.6. The van der Waals surface area contributed by atoms with Gasteiger partial charge in [0.05, 0.1) is 0 Å². The number of hydrogen-bond acceptors (Lipinski definition) is 7. The van der Waals surface area contributed by atoms with Crippen LogP contribution in [0.4, 0.5) is 5.69 Å². The molecule has 0 saturated heterocycles. The van der Waals surface area contributed by atoms with Gasteiger partial charge >= 0.3 is 0 Å². The first kappa shape index (κ1) is 35.1. The van der Waals surface area contributed by atoms with Crippen LogP contribution in [0.25, 0.3) is 11.0 Å². The minimum atomic E-state index is -1.29. The first-order valence-electron chi connectivity index (χ1n) is 18.0. The Morgan fingerprint density at radius 2 is 1.66 bits per heavy atom. The fourth-order valence-corrected chi connectivity index (χ4v) is 8.47. The molecular weight excluding hydrogens is 638 g/mol. The highest BCUT2D eigenvalue weighted by molar-refractivity contribution is 6.36. The number of carbonyl (C=O) groups is 5. The molecule has 0 spiro atoms. The van der Waals surface area contributed by atoms with Crippen LogP contribution in [0.15, 0.2) is 51.8 Å². The molecule has 4 N–H and O–H groups in total. The Bertz CT molecular complexity index is 1800. The highest BCUT2D eigenvalue weighted by Crippen LogP contribution is 2.53. The maximum absolute atomic E-state index is 13.7. The number of furan rings is 1. The number of aryl methyl sites for hydroxylation is 1. The molecule has 2 aromatic heterocycles. The number of hydrogen-bond donors (Lipinski definition) is 4. The van der Waals surface area contributed by atoms with E-state index < -0.39 is 35.1 Å². The van der Waals surface area contributed by atoms with Crippen molar-refractivity contribution in [3.63, 3.8) is 0 Å². The predicted molar refractivity (Wildman–Crippen MR) is 187 cm³/mol. The van der Waals surface area contributed by atoms with Crippen molar-refractivity contribution in [1.82, 2.24) is 20.5 Å². The zero-order valence-corrected chi connectivity index (χ0v) is 28.8. The summed E-state index contributed by atoms with van der Waals surface area (Å²) in [5.74, 6) is -0.607. The number of benzene rings is 1. The van der Waals surface area contributed by atoms with Crippen molar-refractivity contribution < 1.29 is 28.4 Å². The number of nitrogens with zero attached hydrogens (tertiary/aromatic N) is 1. The summed E-state index contributed by atoms with van der Waals surface area (Å²) in [5.41, 5.74) is 0.418. The number of unbranched alkanes of at least 4 members (excludes halogenated alkanes) is 2. The molecule has 266 valence electrons. The Kier molecular flexibility index (Phi) is 10.8. The molecule has 0 unspecified atom stereocenters. The molecule has 4 amide bonds. The molecule has 0 aliphatic heterocycles. The van der Waals surface area contributed by atoms with Crippen molar-refractivity contribution in [2.45, 2.75) is 96.7 Å². The molecule has 12 heteroatoms. The number of pyridine rings is 1. The van der Waals surface area contributed by atoms with Crippen molar-refractivity contribution >= 4 is 46.1 Å². The number of Topliss-reactive ketones (excluding diaryl/α,β-unsaturated/α-hetero) is 1. The maximum Gasteiger partial charge on any atom is 0.287 e. The highest BCUT2D eigenvalue weighted by atomic mass is 16.3. The molecule has 4 aliphatic rings. The van der Waals surface area contributed by atoms with E-state index in [1.807, 2.05) is 19.1 Å². The van der Waals surface area contributed by atoms with Crippen LogP contribution in [-0.2, 0) is 25.7 Å². The van der Waals surface area contributed by atoms with Gasteiger partial charge in [-0.3, -0.25) is 28.8 Å². The highest BCUT2D eigenvalue weighted by Gasteiger charge is 2.48. The maximum atomic E-state index is 13.7. The van der Waals surface area contributed by atoms with E-state index in [-0.39, 0.29) is 42.8 Å². The second-order valence-corrected chi connectivity index (χ2v) is 14.4. The predicted octanol–water partition coefficient (Wildman–Crippen LogP) is 4.24. The molecule has 3 aromatic rings. The first-order valence-corrected chi connectivity index (χ1v) is 18.0. The molecule has 7 rings (SSSR count). The summed E-state index contributed by atoms with van der Waals surface area (Å²) in [6.07, 6.45) is 9.53. The lowest BCUT2D eigenvalue weighted by Crippen LogP contribution is -2.56. The fraction of sp³-hybridized carbons (Fsp3) is 0.526. The molecule has 2 heterocycles. The topological polar surface area (TPSA) is 169 Å². The van der Waals surface area contributed by atoms with Crippen molar-refractivity contribution in [1.29, 1.82) is 0 Å². The molecular formula is C38H47N5O7. The zero-order chi connectivity index (χ0) is 35.4. The lowest BCUT2D eigenvalue weighted by atomic mass is 9.54. The van der Waals surface area contributed by atoms with E-state index in [0.29, 0.717) is 29.5 Å². The average molecular weight is 686 g/mol. The Morgan fingerprint density at radius 3 is 2.36 bits per heavy atom. The molecule has 50 heavy (non-hydrogen) atoms. The van der Waals surface area contributed by atoms with Gasteiger partial charge in [-0.2, -0.15) is 0 Å². The number of fused-ring (bicyclic) bond motifs is 1. The standard InChI is InChI=1S/C38H47N5O7/c1-3-4-7-14-39-36(47)30(44)13-12-28(40-37(48)34-22(2)27-9-5-6-11-31(27)50-34)35(46)41-29-10-8-15-43(38(29)49)21-32(45)42-33-25-17-23-16-24(19-25)20-26(33)18-23/h5-6,8-11,15,23-26,28,33H,3-4,7,12-14,16-21H2,1-2H3,(H,39,47)(H,40,48)(H,41,46)(H,42,45)/t23?,24?,25?,26?,28-,33?/m0/s1. The summed E-state index contributed by atoms with van der Waals surface area (Å²) in [6, 6.07) is 8.97. The molecule has 4 fully saturated rings. The smallest absolute Gasteiger partial charge is 0.287 e. The van der Waals surface area contributed by atoms with Gasteiger partial charge in [0.1, 0.15) is 23.9 Å². The van der Waals surface area contributed by atoms with Crippen LogP contribution >= 0.6 is 0 Å². The van der Waals surface area contributed by atoms with Gasteiger partial charge in [0.2, 0.25) is 17.6 Å². The molecule has 4 bridgehead atoms. The molecule has 4 aliphatic carbocycles. The van der Waals surface area contributed by atoms with E-state index >= 15 is 0 Å². The second kappa shape index (κ2) is 15.4. The summed E-state index contributed by atoms with van der Waals surface area (Å²) in [7, 11) is 0. The summed E-state index contributed by atoms with van der Waals surface area (Å²) in [4.78, 5) is 78.8.